The fraction of sp³-hybridized carbons (Fsp3) is 0.154. The number of nitrogen functional groups attached to an aromatic ring is 2. The molecule has 2 aromatic rings. The van der Waals surface area contributed by atoms with E-state index in [-0.39, 0.29) is 0 Å². The predicted molar refractivity (Wildman–Crippen MR) is 68.2 cm³/mol. The van der Waals surface area contributed by atoms with Crippen LogP contribution in [0, 0.1) is 0 Å². The second-order valence-corrected chi connectivity index (χ2v) is 3.98. The van der Waals surface area contributed by atoms with Crippen molar-refractivity contribution in [3.05, 3.63) is 53.7 Å². The van der Waals surface area contributed by atoms with Gasteiger partial charge in [0.05, 0.1) is 6.10 Å². The summed E-state index contributed by atoms with van der Waals surface area (Å²) in [5.74, 6) is 0.465. The molecular formula is C13H15N3O. The summed E-state index contributed by atoms with van der Waals surface area (Å²) in [6.07, 6.45) is 1.59. The summed E-state index contributed by atoms with van der Waals surface area (Å²) in [5.41, 5.74) is 13.7. The average molecular weight is 229 g/mol. The fourth-order valence-electron chi connectivity index (χ4n) is 1.68. The minimum atomic E-state index is -0.558. The largest absolute Gasteiger partial charge is 0.399 e. The third kappa shape index (κ3) is 2.95. The van der Waals surface area contributed by atoms with Gasteiger partial charge in [0.1, 0.15) is 5.82 Å². The summed E-state index contributed by atoms with van der Waals surface area (Å²) >= 11 is 0. The van der Waals surface area contributed by atoms with Crippen LogP contribution >= 0.6 is 0 Å². The van der Waals surface area contributed by atoms with Gasteiger partial charge in [-0.3, -0.25) is 0 Å². The second kappa shape index (κ2) is 4.84. The summed E-state index contributed by atoms with van der Waals surface area (Å²) in [5, 5.41) is 10.1. The number of aliphatic hydroxyl groups is 1. The standard InChI is InChI=1S/C13H15N3O/c14-11-3-1-10(2-4-11)12(17)7-9-5-6-16-13(15)8-9/h1-6,8,12,17H,7,14H2,(H2,15,16). The van der Waals surface area contributed by atoms with Gasteiger partial charge in [-0.2, -0.15) is 0 Å². The van der Waals surface area contributed by atoms with Crippen LogP contribution in [0.5, 0.6) is 0 Å². The molecular weight excluding hydrogens is 214 g/mol. The lowest BCUT2D eigenvalue weighted by atomic mass is 10.0. The Kier molecular flexibility index (Phi) is 3.25. The lowest BCUT2D eigenvalue weighted by molar-refractivity contribution is 0.178. The molecule has 4 nitrogen and oxygen atoms in total. The number of nitrogens with zero attached hydrogens (tertiary/aromatic N) is 1. The number of pyridine rings is 1. The Balaban J connectivity index is 2.11. The van der Waals surface area contributed by atoms with Crippen LogP contribution in [0.2, 0.25) is 0 Å². The summed E-state index contributed by atoms with van der Waals surface area (Å²) in [6.45, 7) is 0. The van der Waals surface area contributed by atoms with E-state index in [1.807, 2.05) is 18.2 Å². The highest BCUT2D eigenvalue weighted by molar-refractivity contribution is 5.40. The van der Waals surface area contributed by atoms with Crippen molar-refractivity contribution in [2.24, 2.45) is 0 Å². The van der Waals surface area contributed by atoms with Crippen LogP contribution in [0.25, 0.3) is 0 Å². The molecule has 1 unspecified atom stereocenters. The van der Waals surface area contributed by atoms with Crippen LogP contribution in [0.4, 0.5) is 11.5 Å². The number of rotatable bonds is 3. The van der Waals surface area contributed by atoms with E-state index in [9.17, 15) is 5.11 Å². The molecule has 2 rings (SSSR count). The van der Waals surface area contributed by atoms with Gasteiger partial charge < -0.3 is 16.6 Å². The molecule has 1 heterocycles. The number of benzene rings is 1. The second-order valence-electron chi connectivity index (χ2n) is 3.98. The van der Waals surface area contributed by atoms with Crippen LogP contribution in [0.3, 0.4) is 0 Å². The Morgan fingerprint density at radius 1 is 1.12 bits per heavy atom. The zero-order valence-corrected chi connectivity index (χ0v) is 9.38. The molecule has 1 aromatic carbocycles. The summed E-state index contributed by atoms with van der Waals surface area (Å²) < 4.78 is 0. The van der Waals surface area contributed by atoms with E-state index < -0.39 is 6.10 Å². The lowest BCUT2D eigenvalue weighted by Gasteiger charge is -2.11. The van der Waals surface area contributed by atoms with Crippen LogP contribution < -0.4 is 11.5 Å². The molecule has 17 heavy (non-hydrogen) atoms. The SMILES string of the molecule is Nc1ccc(C(O)Cc2ccnc(N)c2)cc1. The smallest absolute Gasteiger partial charge is 0.123 e. The van der Waals surface area contributed by atoms with Gasteiger partial charge in [0.15, 0.2) is 0 Å². The van der Waals surface area contributed by atoms with Crippen molar-refractivity contribution >= 4 is 11.5 Å². The van der Waals surface area contributed by atoms with Crippen molar-refractivity contribution in [1.82, 2.24) is 4.98 Å². The van der Waals surface area contributed by atoms with Crippen molar-refractivity contribution in [2.75, 3.05) is 11.5 Å². The molecule has 0 radical (unpaired) electrons. The molecule has 4 heteroatoms. The van der Waals surface area contributed by atoms with E-state index in [1.54, 1.807) is 24.4 Å². The van der Waals surface area contributed by atoms with E-state index in [4.69, 9.17) is 11.5 Å². The normalized spacial score (nSPS) is 12.3. The summed E-state index contributed by atoms with van der Waals surface area (Å²) in [4.78, 5) is 3.91. The Hall–Kier alpha value is -2.07. The molecule has 1 aromatic heterocycles. The van der Waals surface area contributed by atoms with Gasteiger partial charge in [-0.15, -0.1) is 0 Å². The molecule has 0 saturated heterocycles. The van der Waals surface area contributed by atoms with Crippen molar-refractivity contribution in [3.63, 3.8) is 0 Å². The maximum atomic E-state index is 10.1. The average Bonchev–Trinajstić information content (AvgIpc) is 2.29. The quantitative estimate of drug-likeness (QED) is 0.697. The number of aliphatic hydroxyl groups excluding tert-OH is 1. The van der Waals surface area contributed by atoms with E-state index >= 15 is 0 Å². The van der Waals surface area contributed by atoms with Crippen molar-refractivity contribution in [3.8, 4) is 0 Å². The Labute approximate surface area is 99.9 Å². The number of anilines is 2. The number of aromatic nitrogens is 1. The maximum Gasteiger partial charge on any atom is 0.123 e. The molecule has 0 aliphatic carbocycles. The zero-order chi connectivity index (χ0) is 12.3. The lowest BCUT2D eigenvalue weighted by Crippen LogP contribution is -2.03. The van der Waals surface area contributed by atoms with Gasteiger partial charge in [-0.25, -0.2) is 4.98 Å². The van der Waals surface area contributed by atoms with Gasteiger partial charge in [-0.05, 0) is 35.4 Å². The molecule has 0 aliphatic rings. The van der Waals surface area contributed by atoms with E-state index in [0.717, 1.165) is 11.1 Å². The van der Waals surface area contributed by atoms with E-state index in [2.05, 4.69) is 4.98 Å². The van der Waals surface area contributed by atoms with Crippen molar-refractivity contribution < 1.29 is 5.11 Å². The van der Waals surface area contributed by atoms with Gasteiger partial charge >= 0.3 is 0 Å². The Morgan fingerprint density at radius 2 is 1.82 bits per heavy atom. The van der Waals surface area contributed by atoms with Crippen LogP contribution in [-0.2, 0) is 6.42 Å². The number of hydrogen-bond acceptors (Lipinski definition) is 4. The molecule has 0 aliphatic heterocycles. The van der Waals surface area contributed by atoms with Crippen LogP contribution in [0.1, 0.15) is 17.2 Å². The molecule has 88 valence electrons. The van der Waals surface area contributed by atoms with Crippen molar-refractivity contribution in [1.29, 1.82) is 0 Å². The molecule has 5 N–H and O–H groups in total. The Morgan fingerprint density at radius 3 is 2.47 bits per heavy atom. The molecule has 0 spiro atoms. The topological polar surface area (TPSA) is 85.2 Å². The summed E-state index contributed by atoms with van der Waals surface area (Å²) in [7, 11) is 0. The van der Waals surface area contributed by atoms with Crippen molar-refractivity contribution in [2.45, 2.75) is 12.5 Å². The van der Waals surface area contributed by atoms with Gasteiger partial charge in [0.25, 0.3) is 0 Å². The maximum absolute atomic E-state index is 10.1. The van der Waals surface area contributed by atoms with E-state index in [0.29, 0.717) is 17.9 Å². The van der Waals surface area contributed by atoms with Gasteiger partial charge in [0, 0.05) is 18.3 Å². The van der Waals surface area contributed by atoms with Gasteiger partial charge in [-0.1, -0.05) is 12.1 Å². The highest BCUT2D eigenvalue weighted by atomic mass is 16.3. The zero-order valence-electron chi connectivity index (χ0n) is 9.38. The first-order valence-electron chi connectivity index (χ1n) is 5.39. The first-order chi connectivity index (χ1) is 8.15. The molecule has 1 atom stereocenters. The minimum absolute atomic E-state index is 0.465. The molecule has 0 amide bonds. The predicted octanol–water partition coefficient (Wildman–Crippen LogP) is 1.52. The first kappa shape index (κ1) is 11.4. The molecule has 0 saturated carbocycles. The summed E-state index contributed by atoms with van der Waals surface area (Å²) in [6, 6.07) is 10.8. The number of nitrogens with two attached hydrogens (primary N) is 2. The van der Waals surface area contributed by atoms with Gasteiger partial charge in [0.2, 0.25) is 0 Å². The molecule has 0 bridgehead atoms. The fourth-order valence-corrected chi connectivity index (χ4v) is 1.68. The third-order valence-corrected chi connectivity index (χ3v) is 2.60. The van der Waals surface area contributed by atoms with E-state index in [1.165, 1.54) is 0 Å². The molecule has 0 fully saturated rings. The highest BCUT2D eigenvalue weighted by Gasteiger charge is 2.08. The monoisotopic (exact) mass is 229 g/mol. The minimum Gasteiger partial charge on any atom is -0.399 e. The highest BCUT2D eigenvalue weighted by Crippen LogP contribution is 2.19. The Bertz CT molecular complexity index is 496. The van der Waals surface area contributed by atoms with Crippen LogP contribution in [0.15, 0.2) is 42.6 Å². The number of hydrogen-bond donors (Lipinski definition) is 3. The van der Waals surface area contributed by atoms with Crippen LogP contribution in [-0.4, -0.2) is 10.1 Å². The first-order valence-corrected chi connectivity index (χ1v) is 5.39. The third-order valence-electron chi connectivity index (χ3n) is 2.60.